The van der Waals surface area contributed by atoms with Gasteiger partial charge in [-0.05, 0) is 55.5 Å². The summed E-state index contributed by atoms with van der Waals surface area (Å²) in [5.41, 5.74) is 2.03. The third-order valence-corrected chi connectivity index (χ3v) is 4.45. The highest BCUT2D eigenvalue weighted by Gasteiger charge is 2.16. The molecule has 0 radical (unpaired) electrons. The normalized spacial score (nSPS) is 10.2. The summed E-state index contributed by atoms with van der Waals surface area (Å²) in [5.74, 6) is 0.788. The fraction of sp³-hybridized carbons (Fsp3) is 0.167. The van der Waals surface area contributed by atoms with E-state index in [9.17, 15) is 9.59 Å². The molecule has 0 fully saturated rings. The van der Waals surface area contributed by atoms with E-state index < -0.39 is 0 Å². The summed E-state index contributed by atoms with van der Waals surface area (Å²) in [6.07, 6.45) is 0. The van der Waals surface area contributed by atoms with Gasteiger partial charge in [-0.2, -0.15) is 0 Å². The Morgan fingerprint density at radius 3 is 2.30 bits per heavy atom. The molecule has 6 nitrogen and oxygen atoms in total. The van der Waals surface area contributed by atoms with Crippen LogP contribution in [-0.4, -0.2) is 32.1 Å². The van der Waals surface area contributed by atoms with Gasteiger partial charge in [0.2, 0.25) is 0 Å². The maximum Gasteiger partial charge on any atom is 0.262 e. The molecule has 30 heavy (non-hydrogen) atoms. The Kier molecular flexibility index (Phi) is 7.05. The van der Waals surface area contributed by atoms with E-state index in [-0.39, 0.29) is 18.4 Å². The van der Waals surface area contributed by atoms with E-state index in [2.05, 4.69) is 5.32 Å². The summed E-state index contributed by atoms with van der Waals surface area (Å²) >= 11 is 0. The SMILES string of the molecule is CCN(C(=O)c1ccc(OCC(=O)Nc2cccc(OC)c2)cc1)c1ccccc1. The number of methoxy groups -OCH3 is 1. The number of para-hydroxylation sites is 1. The number of nitrogens with zero attached hydrogens (tertiary/aromatic N) is 1. The van der Waals surface area contributed by atoms with E-state index in [1.807, 2.05) is 37.3 Å². The van der Waals surface area contributed by atoms with Crippen LogP contribution in [0.25, 0.3) is 0 Å². The zero-order chi connectivity index (χ0) is 21.3. The van der Waals surface area contributed by atoms with Gasteiger partial charge in [0.05, 0.1) is 7.11 Å². The van der Waals surface area contributed by atoms with Gasteiger partial charge in [-0.3, -0.25) is 9.59 Å². The Balaban J connectivity index is 1.57. The number of carbonyl (C=O) groups excluding carboxylic acids is 2. The molecule has 0 unspecified atom stereocenters. The fourth-order valence-corrected chi connectivity index (χ4v) is 2.95. The highest BCUT2D eigenvalue weighted by atomic mass is 16.5. The molecule has 3 aromatic carbocycles. The first kappa shape index (κ1) is 20.9. The third kappa shape index (κ3) is 5.38. The molecule has 0 aliphatic carbocycles. The second kappa shape index (κ2) is 10.1. The molecule has 3 rings (SSSR count). The van der Waals surface area contributed by atoms with Crippen molar-refractivity contribution in [2.75, 3.05) is 30.5 Å². The van der Waals surface area contributed by atoms with E-state index in [4.69, 9.17) is 9.47 Å². The number of hydrogen-bond donors (Lipinski definition) is 1. The lowest BCUT2D eigenvalue weighted by Gasteiger charge is -2.21. The van der Waals surface area contributed by atoms with Crippen molar-refractivity contribution in [2.24, 2.45) is 0 Å². The minimum Gasteiger partial charge on any atom is -0.497 e. The molecular weight excluding hydrogens is 380 g/mol. The van der Waals surface area contributed by atoms with Crippen LogP contribution in [0.5, 0.6) is 11.5 Å². The molecule has 0 aromatic heterocycles. The lowest BCUT2D eigenvalue weighted by molar-refractivity contribution is -0.118. The second-order valence-corrected chi connectivity index (χ2v) is 6.48. The van der Waals surface area contributed by atoms with E-state index in [0.29, 0.717) is 29.3 Å². The molecule has 0 spiro atoms. The number of ether oxygens (including phenoxy) is 2. The highest BCUT2D eigenvalue weighted by molar-refractivity contribution is 6.06. The molecule has 0 heterocycles. The average molecular weight is 404 g/mol. The van der Waals surface area contributed by atoms with Gasteiger partial charge in [0.1, 0.15) is 11.5 Å². The first-order valence-corrected chi connectivity index (χ1v) is 9.64. The van der Waals surface area contributed by atoms with E-state index in [0.717, 1.165) is 5.69 Å². The van der Waals surface area contributed by atoms with Crippen LogP contribution in [0.4, 0.5) is 11.4 Å². The summed E-state index contributed by atoms with van der Waals surface area (Å²) in [6.45, 7) is 2.35. The predicted octanol–water partition coefficient (Wildman–Crippen LogP) is 4.38. The van der Waals surface area contributed by atoms with Crippen molar-refractivity contribution in [1.29, 1.82) is 0 Å². The van der Waals surface area contributed by atoms with Crippen molar-refractivity contribution in [3.05, 3.63) is 84.4 Å². The van der Waals surface area contributed by atoms with Crippen molar-refractivity contribution >= 4 is 23.2 Å². The number of amides is 2. The number of rotatable bonds is 8. The molecule has 0 atom stereocenters. The summed E-state index contributed by atoms with van der Waals surface area (Å²) in [7, 11) is 1.57. The molecule has 154 valence electrons. The topological polar surface area (TPSA) is 67.9 Å². The monoisotopic (exact) mass is 404 g/mol. The van der Waals surface area contributed by atoms with Crippen molar-refractivity contribution in [3.8, 4) is 11.5 Å². The van der Waals surface area contributed by atoms with E-state index in [1.54, 1.807) is 60.5 Å². The largest absolute Gasteiger partial charge is 0.497 e. The molecule has 1 N–H and O–H groups in total. The van der Waals surface area contributed by atoms with Gasteiger partial charge < -0.3 is 19.7 Å². The summed E-state index contributed by atoms with van der Waals surface area (Å²) in [4.78, 5) is 26.6. The van der Waals surface area contributed by atoms with Crippen LogP contribution in [0.1, 0.15) is 17.3 Å². The molecule has 0 aliphatic rings. The molecule has 0 saturated carbocycles. The minimum atomic E-state index is -0.287. The summed E-state index contributed by atoms with van der Waals surface area (Å²) in [5, 5.41) is 2.75. The lowest BCUT2D eigenvalue weighted by Crippen LogP contribution is -2.30. The van der Waals surface area contributed by atoms with Gasteiger partial charge in [-0.25, -0.2) is 0 Å². The highest BCUT2D eigenvalue weighted by Crippen LogP contribution is 2.19. The van der Waals surface area contributed by atoms with Crippen molar-refractivity contribution < 1.29 is 19.1 Å². The van der Waals surface area contributed by atoms with Crippen LogP contribution in [0.2, 0.25) is 0 Å². The number of carbonyl (C=O) groups is 2. The van der Waals surface area contributed by atoms with Crippen molar-refractivity contribution in [1.82, 2.24) is 0 Å². The summed E-state index contributed by atoms with van der Waals surface area (Å²) < 4.78 is 10.7. The Morgan fingerprint density at radius 2 is 1.63 bits per heavy atom. The van der Waals surface area contributed by atoms with Gasteiger partial charge in [0.25, 0.3) is 11.8 Å². The van der Waals surface area contributed by atoms with Gasteiger partial charge in [-0.1, -0.05) is 24.3 Å². The number of nitrogens with one attached hydrogen (secondary N) is 1. The Labute approximate surface area is 176 Å². The zero-order valence-corrected chi connectivity index (χ0v) is 17.0. The Bertz CT molecular complexity index is 988. The maximum absolute atomic E-state index is 12.8. The molecule has 0 saturated heterocycles. The maximum atomic E-state index is 12.8. The molecule has 3 aromatic rings. The number of benzene rings is 3. The second-order valence-electron chi connectivity index (χ2n) is 6.48. The van der Waals surface area contributed by atoms with E-state index in [1.165, 1.54) is 0 Å². The van der Waals surface area contributed by atoms with Crippen LogP contribution in [0.15, 0.2) is 78.9 Å². The van der Waals surface area contributed by atoms with Crippen LogP contribution in [-0.2, 0) is 4.79 Å². The summed E-state index contributed by atoms with van der Waals surface area (Å²) in [6, 6.07) is 23.4. The van der Waals surface area contributed by atoms with Gasteiger partial charge in [0.15, 0.2) is 6.61 Å². The standard InChI is InChI=1S/C24H24N2O4/c1-3-26(20-9-5-4-6-10-20)24(28)18-12-14-21(15-13-18)30-17-23(27)25-19-8-7-11-22(16-19)29-2/h4-16H,3,17H2,1-2H3,(H,25,27). The average Bonchev–Trinajstić information content (AvgIpc) is 2.79. The fourth-order valence-electron chi connectivity index (χ4n) is 2.95. The molecule has 2 amide bonds. The smallest absolute Gasteiger partial charge is 0.262 e. The lowest BCUT2D eigenvalue weighted by atomic mass is 10.1. The minimum absolute atomic E-state index is 0.0917. The van der Waals surface area contributed by atoms with Crippen molar-refractivity contribution in [3.63, 3.8) is 0 Å². The quantitative estimate of drug-likeness (QED) is 0.605. The Morgan fingerprint density at radius 1 is 0.900 bits per heavy atom. The van der Waals surface area contributed by atoms with Crippen LogP contribution < -0.4 is 19.7 Å². The van der Waals surface area contributed by atoms with Gasteiger partial charge >= 0.3 is 0 Å². The Hall–Kier alpha value is -3.80. The molecule has 0 bridgehead atoms. The molecule has 6 heteroatoms. The first-order chi connectivity index (χ1) is 14.6. The predicted molar refractivity (Wildman–Crippen MR) is 117 cm³/mol. The number of anilines is 2. The van der Waals surface area contributed by atoms with Crippen LogP contribution in [0.3, 0.4) is 0 Å². The van der Waals surface area contributed by atoms with Gasteiger partial charge in [-0.15, -0.1) is 0 Å². The van der Waals surface area contributed by atoms with Gasteiger partial charge in [0, 0.05) is 29.5 Å². The zero-order valence-electron chi connectivity index (χ0n) is 17.0. The first-order valence-electron chi connectivity index (χ1n) is 9.64. The van der Waals surface area contributed by atoms with Crippen molar-refractivity contribution in [2.45, 2.75) is 6.92 Å². The molecular formula is C24H24N2O4. The third-order valence-electron chi connectivity index (χ3n) is 4.45. The molecule has 0 aliphatic heterocycles. The number of hydrogen-bond acceptors (Lipinski definition) is 4. The van der Waals surface area contributed by atoms with E-state index >= 15 is 0 Å². The van der Waals surface area contributed by atoms with Crippen LogP contribution in [0, 0.1) is 0 Å². The van der Waals surface area contributed by atoms with Crippen LogP contribution >= 0.6 is 0 Å².